The molecule has 1 saturated heterocycles. The molecule has 2 aromatic carbocycles. The summed E-state index contributed by atoms with van der Waals surface area (Å²) < 4.78 is 27.0. The first kappa shape index (κ1) is 20.6. The number of sulfonamides is 1. The van der Waals surface area contributed by atoms with Crippen LogP contribution in [0.1, 0.15) is 43.7 Å². The number of rotatable bonds is 7. The quantitative estimate of drug-likeness (QED) is 0.729. The maximum absolute atomic E-state index is 12.1. The molecule has 2 aliphatic rings. The van der Waals surface area contributed by atoms with Crippen molar-refractivity contribution in [2.45, 2.75) is 50.1 Å². The number of nitrogens with one attached hydrogen (secondary N) is 2. The molecule has 1 aliphatic carbocycles. The Balaban J connectivity index is 1.74. The van der Waals surface area contributed by atoms with E-state index in [1.54, 1.807) is 0 Å². The van der Waals surface area contributed by atoms with Crippen LogP contribution in [0, 0.1) is 11.8 Å². The lowest BCUT2D eigenvalue weighted by atomic mass is 9.68. The molecule has 0 aromatic heterocycles. The van der Waals surface area contributed by atoms with Crippen LogP contribution in [0.2, 0.25) is 0 Å². The predicted octanol–water partition coefficient (Wildman–Crippen LogP) is 3.69. The number of hydrogen-bond donors (Lipinski definition) is 2. The van der Waals surface area contributed by atoms with Crippen LogP contribution in [0.3, 0.4) is 0 Å². The van der Waals surface area contributed by atoms with Gasteiger partial charge in [0.05, 0.1) is 6.26 Å². The van der Waals surface area contributed by atoms with E-state index < -0.39 is 15.4 Å². The minimum absolute atomic E-state index is 0.364. The van der Waals surface area contributed by atoms with E-state index in [0.717, 1.165) is 35.8 Å². The summed E-state index contributed by atoms with van der Waals surface area (Å²) in [6.45, 7) is 2.74. The molecule has 4 rings (SSSR count). The summed E-state index contributed by atoms with van der Waals surface area (Å²) in [6, 6.07) is 21.7. The number of fused-ring (bicyclic) bond motifs is 2. The number of piperidine rings is 1. The van der Waals surface area contributed by atoms with E-state index in [-0.39, 0.29) is 0 Å². The average molecular weight is 413 g/mol. The van der Waals surface area contributed by atoms with Gasteiger partial charge in [0, 0.05) is 24.0 Å². The smallest absolute Gasteiger partial charge is 0.208 e. The second kappa shape index (κ2) is 8.21. The van der Waals surface area contributed by atoms with Gasteiger partial charge in [0.2, 0.25) is 10.0 Å². The van der Waals surface area contributed by atoms with Gasteiger partial charge in [-0.3, -0.25) is 0 Å². The highest BCUT2D eigenvalue weighted by molar-refractivity contribution is 7.88. The van der Waals surface area contributed by atoms with Crippen LogP contribution in [-0.4, -0.2) is 33.3 Å². The summed E-state index contributed by atoms with van der Waals surface area (Å²) >= 11 is 0. The van der Waals surface area contributed by atoms with Gasteiger partial charge in [-0.15, -0.1) is 0 Å². The molecule has 2 N–H and O–H groups in total. The highest BCUT2D eigenvalue weighted by Gasteiger charge is 2.44. The fraction of sp³-hybridized carbons (Fsp3) is 0.500. The molecule has 4 nitrogen and oxygen atoms in total. The van der Waals surface area contributed by atoms with Crippen LogP contribution in [0.25, 0.3) is 0 Å². The van der Waals surface area contributed by atoms with Gasteiger partial charge in [-0.1, -0.05) is 67.6 Å². The van der Waals surface area contributed by atoms with Crippen molar-refractivity contribution in [3.05, 3.63) is 71.8 Å². The van der Waals surface area contributed by atoms with Crippen LogP contribution in [0.5, 0.6) is 0 Å². The standard InChI is InChI=1S/C24H32N2O2S/c1-18-19-13-14-23(18)26-22(15-19)16-24(17-25-29(2,27)28,20-9-5-3-6-10-20)21-11-7-4-8-12-21/h3-12,18-19,22-23,25-26H,13-17H2,1-2H3. The van der Waals surface area contributed by atoms with E-state index in [0.29, 0.717) is 18.6 Å². The normalized spacial score (nSPS) is 27.1. The van der Waals surface area contributed by atoms with Gasteiger partial charge in [0.15, 0.2) is 0 Å². The molecule has 1 heterocycles. The minimum atomic E-state index is -3.30. The molecular weight excluding hydrogens is 380 g/mol. The van der Waals surface area contributed by atoms with Crippen molar-refractivity contribution in [2.75, 3.05) is 12.8 Å². The van der Waals surface area contributed by atoms with Crippen molar-refractivity contribution in [3.63, 3.8) is 0 Å². The molecule has 5 heteroatoms. The fourth-order valence-corrected chi connectivity index (χ4v) is 6.07. The molecule has 29 heavy (non-hydrogen) atoms. The predicted molar refractivity (Wildman–Crippen MR) is 118 cm³/mol. The van der Waals surface area contributed by atoms with Crippen LogP contribution in [-0.2, 0) is 15.4 Å². The van der Waals surface area contributed by atoms with Crippen molar-refractivity contribution < 1.29 is 8.42 Å². The summed E-state index contributed by atoms with van der Waals surface area (Å²) in [7, 11) is -3.30. The molecule has 4 atom stereocenters. The maximum Gasteiger partial charge on any atom is 0.208 e. The van der Waals surface area contributed by atoms with Crippen molar-refractivity contribution in [1.29, 1.82) is 0 Å². The summed E-state index contributed by atoms with van der Waals surface area (Å²) in [5.74, 6) is 1.52. The summed E-state index contributed by atoms with van der Waals surface area (Å²) in [4.78, 5) is 0. The lowest BCUT2D eigenvalue weighted by Gasteiger charge is -2.42. The van der Waals surface area contributed by atoms with E-state index >= 15 is 0 Å². The Morgan fingerprint density at radius 1 is 1.00 bits per heavy atom. The van der Waals surface area contributed by atoms with Crippen molar-refractivity contribution >= 4 is 10.0 Å². The van der Waals surface area contributed by atoms with Gasteiger partial charge < -0.3 is 5.32 Å². The molecule has 0 radical (unpaired) electrons. The first-order valence-corrected chi connectivity index (χ1v) is 12.6. The first-order chi connectivity index (χ1) is 13.9. The van der Waals surface area contributed by atoms with Gasteiger partial charge in [0.25, 0.3) is 0 Å². The molecule has 4 unspecified atom stereocenters. The Bertz CT molecular complexity index is 861. The second-order valence-corrected chi connectivity index (χ2v) is 10.8. The van der Waals surface area contributed by atoms with E-state index in [4.69, 9.17) is 0 Å². The molecule has 2 aromatic rings. The monoisotopic (exact) mass is 412 g/mol. The molecule has 2 fully saturated rings. The first-order valence-electron chi connectivity index (χ1n) is 10.7. The van der Waals surface area contributed by atoms with Crippen LogP contribution in [0.15, 0.2) is 60.7 Å². The lowest BCUT2D eigenvalue weighted by Crippen LogP contribution is -2.51. The Hall–Kier alpha value is -1.69. The maximum atomic E-state index is 12.1. The highest BCUT2D eigenvalue weighted by Crippen LogP contribution is 2.44. The Kier molecular flexibility index (Phi) is 5.83. The van der Waals surface area contributed by atoms with Crippen LogP contribution >= 0.6 is 0 Å². The Morgan fingerprint density at radius 2 is 1.59 bits per heavy atom. The summed E-state index contributed by atoms with van der Waals surface area (Å²) in [5.41, 5.74) is 1.91. The molecule has 2 bridgehead atoms. The van der Waals surface area contributed by atoms with Crippen LogP contribution in [0.4, 0.5) is 0 Å². The van der Waals surface area contributed by atoms with Gasteiger partial charge in [0.1, 0.15) is 0 Å². The summed E-state index contributed by atoms with van der Waals surface area (Å²) in [6.07, 6.45) is 5.85. The second-order valence-electron chi connectivity index (χ2n) is 9.01. The zero-order chi connectivity index (χ0) is 20.5. The molecule has 0 amide bonds. The number of hydrogen-bond acceptors (Lipinski definition) is 3. The highest BCUT2D eigenvalue weighted by atomic mass is 32.2. The number of benzene rings is 2. The SMILES string of the molecule is CC1C2CCC1NC(CC(CNS(C)(=O)=O)(c1ccccc1)c1ccccc1)C2. The van der Waals surface area contributed by atoms with Crippen molar-refractivity contribution in [3.8, 4) is 0 Å². The zero-order valence-corrected chi connectivity index (χ0v) is 18.2. The minimum Gasteiger partial charge on any atom is -0.311 e. The van der Waals surface area contributed by atoms with Gasteiger partial charge in [-0.05, 0) is 48.6 Å². The van der Waals surface area contributed by atoms with Crippen molar-refractivity contribution in [1.82, 2.24) is 10.0 Å². The van der Waals surface area contributed by atoms with Gasteiger partial charge in [-0.2, -0.15) is 0 Å². The molecule has 1 saturated carbocycles. The average Bonchev–Trinajstić information content (AvgIpc) is 2.92. The molecule has 1 aliphatic heterocycles. The topological polar surface area (TPSA) is 58.2 Å². The van der Waals surface area contributed by atoms with Crippen molar-refractivity contribution in [2.24, 2.45) is 11.8 Å². The molecule has 156 valence electrons. The van der Waals surface area contributed by atoms with E-state index in [1.807, 2.05) is 36.4 Å². The van der Waals surface area contributed by atoms with E-state index in [1.165, 1.54) is 19.1 Å². The molecular formula is C24H32N2O2S. The fourth-order valence-electron chi connectivity index (χ4n) is 5.56. The van der Waals surface area contributed by atoms with Gasteiger partial charge in [-0.25, -0.2) is 13.1 Å². The lowest BCUT2D eigenvalue weighted by molar-refractivity contribution is 0.201. The third-order valence-electron chi connectivity index (χ3n) is 7.15. The molecule has 0 spiro atoms. The third kappa shape index (κ3) is 4.42. The van der Waals surface area contributed by atoms with Gasteiger partial charge >= 0.3 is 0 Å². The zero-order valence-electron chi connectivity index (χ0n) is 17.3. The summed E-state index contributed by atoms with van der Waals surface area (Å²) in [5, 5.41) is 3.91. The van der Waals surface area contributed by atoms with Crippen LogP contribution < -0.4 is 10.0 Å². The largest absolute Gasteiger partial charge is 0.311 e. The van der Waals surface area contributed by atoms with E-state index in [2.05, 4.69) is 41.2 Å². The van der Waals surface area contributed by atoms with E-state index in [9.17, 15) is 8.42 Å². The third-order valence-corrected chi connectivity index (χ3v) is 7.82. The Labute approximate surface area is 175 Å². The Morgan fingerprint density at radius 3 is 2.10 bits per heavy atom.